The Hall–Kier alpha value is 0.260. The second-order valence-corrected chi connectivity index (χ2v) is 4.53. The molecule has 7 nitrogen and oxygen atoms in total. The molecular formula is C2H10O7P2. The van der Waals surface area contributed by atoms with Crippen molar-refractivity contribution in [2.75, 3.05) is 13.8 Å². The number of rotatable bonds is 1. The molecule has 0 rings (SSSR count). The zero-order chi connectivity index (χ0) is 9.71. The van der Waals surface area contributed by atoms with Crippen molar-refractivity contribution >= 4 is 15.4 Å². The molecule has 0 fully saturated rings. The van der Waals surface area contributed by atoms with Crippen molar-refractivity contribution in [3.8, 4) is 0 Å². The van der Waals surface area contributed by atoms with Gasteiger partial charge in [-0.05, 0) is 0 Å². The monoisotopic (exact) mass is 208 g/mol. The highest BCUT2D eigenvalue weighted by Gasteiger charge is 2.07. The van der Waals surface area contributed by atoms with Gasteiger partial charge in [0.2, 0.25) is 0 Å². The smallest absolute Gasteiger partial charge is 0.325 e. The van der Waals surface area contributed by atoms with Crippen LogP contribution in [0.5, 0.6) is 0 Å². The Morgan fingerprint density at radius 2 is 1.18 bits per heavy atom. The van der Waals surface area contributed by atoms with E-state index >= 15 is 0 Å². The van der Waals surface area contributed by atoms with Crippen molar-refractivity contribution in [2.45, 2.75) is 0 Å². The average Bonchev–Trinajstić information content (AvgIpc) is 1.59. The fourth-order valence-electron chi connectivity index (χ4n) is 0. The van der Waals surface area contributed by atoms with E-state index in [1.54, 1.807) is 0 Å². The molecule has 11 heavy (non-hydrogen) atoms. The summed E-state index contributed by atoms with van der Waals surface area (Å²) < 4.78 is 22.4. The Bertz CT molecular complexity index is 167. The van der Waals surface area contributed by atoms with Crippen molar-refractivity contribution < 1.29 is 33.2 Å². The molecule has 0 aliphatic heterocycles. The van der Waals surface area contributed by atoms with Crippen molar-refractivity contribution in [3.63, 3.8) is 0 Å². The predicted octanol–water partition coefficient (Wildman–Crippen LogP) is -0.481. The van der Waals surface area contributed by atoms with Gasteiger partial charge in [0, 0.05) is 13.8 Å². The van der Waals surface area contributed by atoms with E-state index in [1.807, 2.05) is 0 Å². The molecule has 0 heterocycles. The maximum atomic E-state index is 9.47. The lowest BCUT2D eigenvalue weighted by Gasteiger charge is -1.93. The molecule has 0 aliphatic rings. The Labute approximate surface area is 63.4 Å². The second kappa shape index (κ2) is 5.00. The van der Waals surface area contributed by atoms with E-state index in [9.17, 15) is 9.13 Å². The highest BCUT2D eigenvalue weighted by atomic mass is 31.2. The first kappa shape index (κ1) is 13.8. The molecule has 0 spiro atoms. The molecule has 0 saturated heterocycles. The zero-order valence-electron chi connectivity index (χ0n) is 5.91. The lowest BCUT2D eigenvalue weighted by molar-refractivity contribution is 0.235. The third-order valence-corrected chi connectivity index (χ3v) is 0.714. The van der Waals surface area contributed by atoms with Crippen molar-refractivity contribution in [1.82, 2.24) is 0 Å². The van der Waals surface area contributed by atoms with E-state index in [0.717, 1.165) is 13.8 Å². The lowest BCUT2D eigenvalue weighted by Crippen LogP contribution is -1.76. The molecule has 0 amide bonds. The van der Waals surface area contributed by atoms with Crippen LogP contribution < -0.4 is 0 Å². The molecule has 4 N–H and O–H groups in total. The lowest BCUT2D eigenvalue weighted by atomic mass is 11.8. The van der Waals surface area contributed by atoms with Crippen LogP contribution in [0.3, 0.4) is 0 Å². The minimum Gasteiger partial charge on any atom is -0.325 e. The maximum absolute atomic E-state index is 9.47. The van der Waals surface area contributed by atoms with Gasteiger partial charge in [0.15, 0.2) is 0 Å². The highest BCUT2D eigenvalue weighted by molar-refractivity contribution is 7.50. The molecule has 0 saturated carbocycles. The largest absolute Gasteiger partial charge is 0.469 e. The third-order valence-electron chi connectivity index (χ3n) is 0.238. The topological polar surface area (TPSA) is 124 Å². The van der Waals surface area contributed by atoms with E-state index < -0.39 is 15.4 Å². The first-order valence-electron chi connectivity index (χ1n) is 2.20. The summed E-state index contributed by atoms with van der Waals surface area (Å²) >= 11 is 0. The van der Waals surface area contributed by atoms with Gasteiger partial charge in [-0.3, -0.25) is 9.09 Å². The van der Waals surface area contributed by atoms with Crippen LogP contribution in [0.25, 0.3) is 0 Å². The van der Waals surface area contributed by atoms with Crippen LogP contribution in [-0.2, 0) is 13.7 Å². The molecule has 0 radical (unpaired) electrons. The second-order valence-electron chi connectivity index (χ2n) is 1.51. The van der Waals surface area contributed by atoms with Crippen LogP contribution in [0.4, 0.5) is 0 Å². The van der Waals surface area contributed by atoms with Gasteiger partial charge in [0.25, 0.3) is 0 Å². The fourth-order valence-corrected chi connectivity index (χ4v) is 0. The summed E-state index contributed by atoms with van der Waals surface area (Å²) in [4.78, 5) is 30.7. The van der Waals surface area contributed by atoms with Crippen LogP contribution in [0.15, 0.2) is 0 Å². The van der Waals surface area contributed by atoms with Crippen LogP contribution in [-0.4, -0.2) is 33.3 Å². The minimum absolute atomic E-state index is 0.854. The normalized spacial score (nSPS) is 11.8. The summed E-state index contributed by atoms with van der Waals surface area (Å²) in [7, 11) is -6.84. The van der Waals surface area contributed by atoms with Crippen molar-refractivity contribution in [3.05, 3.63) is 0 Å². The van der Waals surface area contributed by atoms with Gasteiger partial charge in [-0.15, -0.1) is 0 Å². The molecule has 9 heteroatoms. The summed E-state index contributed by atoms with van der Waals surface area (Å²) in [6.45, 7) is 0.854. The number of phosphoric ester groups is 1. The zero-order valence-corrected chi connectivity index (χ0v) is 7.70. The van der Waals surface area contributed by atoms with Gasteiger partial charge < -0.3 is 19.6 Å². The molecule has 0 bridgehead atoms. The summed E-state index contributed by atoms with van der Waals surface area (Å²) in [5.74, 6) is 0. The first-order valence-corrected chi connectivity index (χ1v) is 5.79. The highest BCUT2D eigenvalue weighted by Crippen LogP contribution is 2.33. The molecule has 0 aromatic carbocycles. The quantitative estimate of drug-likeness (QED) is 0.429. The first-order chi connectivity index (χ1) is 4.56. The molecule has 70 valence electrons. The molecule has 0 aromatic rings. The molecule has 0 unspecified atom stereocenters. The van der Waals surface area contributed by atoms with Crippen LogP contribution >= 0.6 is 15.4 Å². The summed E-state index contributed by atoms with van der Waals surface area (Å²) in [5, 5.41) is 0. The third kappa shape index (κ3) is 65.9. The van der Waals surface area contributed by atoms with E-state index in [4.69, 9.17) is 19.6 Å². The van der Waals surface area contributed by atoms with E-state index in [2.05, 4.69) is 4.52 Å². The number of phosphoric acid groups is 1. The Kier molecular flexibility index (Phi) is 6.29. The standard InChI is InChI=1S/CH5O4P.CH5O3P/c1-5-6(2,3)4;1-5(2,3)4/h1H3,(H2,2,3,4);1H3,(H2,2,3,4). The van der Waals surface area contributed by atoms with Crippen molar-refractivity contribution in [2.24, 2.45) is 0 Å². The predicted molar refractivity (Wildman–Crippen MR) is 37.0 cm³/mol. The van der Waals surface area contributed by atoms with Gasteiger partial charge in [0.1, 0.15) is 0 Å². The average molecular weight is 208 g/mol. The Morgan fingerprint density at radius 1 is 1.09 bits per heavy atom. The van der Waals surface area contributed by atoms with E-state index in [1.165, 1.54) is 0 Å². The van der Waals surface area contributed by atoms with Gasteiger partial charge in [-0.1, -0.05) is 0 Å². The summed E-state index contributed by atoms with van der Waals surface area (Å²) in [6.07, 6.45) is 0. The van der Waals surface area contributed by atoms with Crippen LogP contribution in [0.1, 0.15) is 0 Å². The summed E-state index contributed by atoms with van der Waals surface area (Å²) in [5.41, 5.74) is 0. The van der Waals surface area contributed by atoms with Crippen LogP contribution in [0, 0.1) is 0 Å². The fraction of sp³-hybridized carbons (Fsp3) is 1.00. The van der Waals surface area contributed by atoms with Gasteiger partial charge in [0.05, 0.1) is 0 Å². The van der Waals surface area contributed by atoms with E-state index in [-0.39, 0.29) is 0 Å². The van der Waals surface area contributed by atoms with Crippen molar-refractivity contribution in [1.29, 1.82) is 0 Å². The maximum Gasteiger partial charge on any atom is 0.469 e. The number of hydrogen-bond acceptors (Lipinski definition) is 3. The minimum atomic E-state index is -4.15. The number of hydrogen-bond donors (Lipinski definition) is 4. The Morgan fingerprint density at radius 3 is 1.18 bits per heavy atom. The SMILES string of the molecule is COP(=O)(O)O.CP(=O)(O)O. The molecule has 0 atom stereocenters. The molecule has 0 aromatic heterocycles. The Balaban J connectivity index is 0. The molecule has 0 aliphatic carbocycles. The van der Waals surface area contributed by atoms with Gasteiger partial charge in [-0.2, -0.15) is 0 Å². The van der Waals surface area contributed by atoms with Gasteiger partial charge >= 0.3 is 15.4 Å². The molecular weight excluding hydrogens is 198 g/mol. The van der Waals surface area contributed by atoms with Gasteiger partial charge in [-0.25, -0.2) is 4.57 Å². The van der Waals surface area contributed by atoms with Crippen LogP contribution in [0.2, 0.25) is 0 Å². The summed E-state index contributed by atoms with van der Waals surface area (Å²) in [6, 6.07) is 0. The van der Waals surface area contributed by atoms with E-state index in [0.29, 0.717) is 0 Å².